The summed E-state index contributed by atoms with van der Waals surface area (Å²) in [4.78, 5) is 14.2. The van der Waals surface area contributed by atoms with Crippen molar-refractivity contribution in [3.05, 3.63) is 0 Å². The van der Waals surface area contributed by atoms with Crippen LogP contribution in [0.2, 0.25) is 0 Å². The average Bonchev–Trinajstić information content (AvgIpc) is 3.03. The first-order valence-corrected chi connectivity index (χ1v) is 8.22. The number of carbonyl (C=O) groups is 1. The van der Waals surface area contributed by atoms with Crippen molar-refractivity contribution >= 4 is 5.91 Å². The Bertz CT molecular complexity index is 309. The van der Waals surface area contributed by atoms with Gasteiger partial charge in [0, 0.05) is 32.7 Å². The fraction of sp³-hybridized carbons (Fsp3) is 0.938. The Labute approximate surface area is 127 Å². The summed E-state index contributed by atoms with van der Waals surface area (Å²) in [5.74, 6) is 0.601. The largest absolute Gasteiger partial charge is 0.381 e. The first-order chi connectivity index (χ1) is 10.2. The minimum Gasteiger partial charge on any atom is -0.381 e. The third-order valence-electron chi connectivity index (χ3n) is 4.63. The average molecular weight is 299 g/mol. The molecule has 2 fully saturated rings. The highest BCUT2D eigenvalue weighted by atomic mass is 16.5. The molecule has 1 heterocycles. The maximum atomic E-state index is 12.3. The van der Waals surface area contributed by atoms with E-state index < -0.39 is 0 Å². The Morgan fingerprint density at radius 2 is 1.90 bits per heavy atom. The number of nitrogens with zero attached hydrogens (tertiary/aromatic N) is 1. The number of amides is 1. The molecule has 1 unspecified atom stereocenters. The number of likely N-dealkylation sites (N-methyl/N-ethyl adjacent to an activating group) is 1. The molecule has 1 amide bonds. The molecule has 1 saturated heterocycles. The smallest absolute Gasteiger partial charge is 0.248 e. The van der Waals surface area contributed by atoms with Crippen LogP contribution >= 0.6 is 0 Å². The zero-order valence-corrected chi connectivity index (χ0v) is 13.4. The van der Waals surface area contributed by atoms with Crippen LogP contribution in [0.5, 0.6) is 0 Å². The lowest BCUT2D eigenvalue weighted by Gasteiger charge is -2.29. The fourth-order valence-corrected chi connectivity index (χ4v) is 3.16. The molecule has 1 atom stereocenters. The van der Waals surface area contributed by atoms with Gasteiger partial charge in [-0.1, -0.05) is 0 Å². The van der Waals surface area contributed by atoms with Gasteiger partial charge in [-0.2, -0.15) is 0 Å². The summed E-state index contributed by atoms with van der Waals surface area (Å²) in [5, 5.41) is 0. The lowest BCUT2D eigenvalue weighted by atomic mass is 9.95. The summed E-state index contributed by atoms with van der Waals surface area (Å²) >= 11 is 0. The van der Waals surface area contributed by atoms with Crippen LogP contribution in [-0.4, -0.2) is 63.0 Å². The van der Waals surface area contributed by atoms with Crippen LogP contribution < -0.4 is 0 Å². The molecule has 0 radical (unpaired) electrons. The second kappa shape index (κ2) is 8.71. The number of rotatable bonds is 7. The maximum absolute atomic E-state index is 12.3. The number of ether oxygens (including phenoxy) is 3. The van der Waals surface area contributed by atoms with Crippen LogP contribution in [0.3, 0.4) is 0 Å². The molecular weight excluding hydrogens is 270 g/mol. The molecule has 21 heavy (non-hydrogen) atoms. The molecule has 0 aromatic heterocycles. The van der Waals surface area contributed by atoms with E-state index in [1.54, 1.807) is 7.11 Å². The molecule has 0 bridgehead atoms. The highest BCUT2D eigenvalue weighted by molar-refractivity contribution is 5.77. The van der Waals surface area contributed by atoms with Crippen molar-refractivity contribution in [2.24, 2.45) is 5.92 Å². The van der Waals surface area contributed by atoms with E-state index in [0.717, 1.165) is 58.4 Å². The summed E-state index contributed by atoms with van der Waals surface area (Å²) in [5.41, 5.74) is 0. The Morgan fingerprint density at radius 3 is 2.48 bits per heavy atom. The number of hydrogen-bond acceptors (Lipinski definition) is 4. The van der Waals surface area contributed by atoms with Crippen molar-refractivity contribution in [2.75, 3.05) is 40.0 Å². The fourth-order valence-electron chi connectivity index (χ4n) is 3.16. The summed E-state index contributed by atoms with van der Waals surface area (Å²) in [6.45, 7) is 5.40. The molecule has 5 nitrogen and oxygen atoms in total. The van der Waals surface area contributed by atoms with E-state index in [0.29, 0.717) is 12.0 Å². The van der Waals surface area contributed by atoms with Gasteiger partial charge in [0.05, 0.1) is 18.8 Å². The van der Waals surface area contributed by atoms with E-state index in [1.165, 1.54) is 0 Å². The van der Waals surface area contributed by atoms with Gasteiger partial charge in [0.25, 0.3) is 0 Å². The second-order valence-corrected chi connectivity index (χ2v) is 6.11. The van der Waals surface area contributed by atoms with Gasteiger partial charge in [0.2, 0.25) is 5.91 Å². The standard InChI is InChI=1S/C16H29NO4/c1-3-17(10-13-8-9-20-11-13)16(18)12-21-15-6-4-14(19-2)5-7-15/h13-15H,3-12H2,1-2H3. The lowest BCUT2D eigenvalue weighted by Crippen LogP contribution is -2.39. The Kier molecular flexibility index (Phi) is 6.93. The molecule has 5 heteroatoms. The quantitative estimate of drug-likeness (QED) is 0.720. The molecule has 1 aliphatic heterocycles. The van der Waals surface area contributed by atoms with Crippen molar-refractivity contribution in [1.29, 1.82) is 0 Å². The van der Waals surface area contributed by atoms with E-state index in [-0.39, 0.29) is 18.6 Å². The van der Waals surface area contributed by atoms with Crippen molar-refractivity contribution in [3.8, 4) is 0 Å². The van der Waals surface area contributed by atoms with E-state index in [1.807, 2.05) is 11.8 Å². The first-order valence-electron chi connectivity index (χ1n) is 8.22. The third kappa shape index (κ3) is 5.24. The van der Waals surface area contributed by atoms with Gasteiger partial charge in [-0.25, -0.2) is 0 Å². The first kappa shape index (κ1) is 16.7. The van der Waals surface area contributed by atoms with Crippen LogP contribution in [0, 0.1) is 5.92 Å². The minimum absolute atomic E-state index is 0.110. The predicted octanol–water partition coefficient (Wildman–Crippen LogP) is 1.85. The van der Waals surface area contributed by atoms with Crippen molar-refractivity contribution in [1.82, 2.24) is 4.90 Å². The molecule has 2 aliphatic rings. The van der Waals surface area contributed by atoms with E-state index >= 15 is 0 Å². The van der Waals surface area contributed by atoms with Crippen molar-refractivity contribution < 1.29 is 19.0 Å². The summed E-state index contributed by atoms with van der Waals surface area (Å²) in [6.07, 6.45) is 5.70. The van der Waals surface area contributed by atoms with E-state index in [2.05, 4.69) is 0 Å². The highest BCUT2D eigenvalue weighted by Crippen LogP contribution is 2.23. The van der Waals surface area contributed by atoms with Gasteiger partial charge >= 0.3 is 0 Å². The second-order valence-electron chi connectivity index (χ2n) is 6.11. The predicted molar refractivity (Wildman–Crippen MR) is 80.2 cm³/mol. The number of hydrogen-bond donors (Lipinski definition) is 0. The Balaban J connectivity index is 1.67. The molecular formula is C16H29NO4. The van der Waals surface area contributed by atoms with Gasteiger partial charge < -0.3 is 19.1 Å². The van der Waals surface area contributed by atoms with Gasteiger partial charge in [0.1, 0.15) is 6.61 Å². The Hall–Kier alpha value is -0.650. The van der Waals surface area contributed by atoms with Gasteiger partial charge in [0.15, 0.2) is 0 Å². The zero-order valence-electron chi connectivity index (χ0n) is 13.4. The minimum atomic E-state index is 0.110. The molecule has 0 aromatic carbocycles. The SMILES string of the molecule is CCN(CC1CCOC1)C(=O)COC1CCC(OC)CC1. The monoisotopic (exact) mass is 299 g/mol. The molecule has 122 valence electrons. The maximum Gasteiger partial charge on any atom is 0.248 e. The zero-order chi connectivity index (χ0) is 15.1. The van der Waals surface area contributed by atoms with Crippen LogP contribution in [0.15, 0.2) is 0 Å². The molecule has 1 aliphatic carbocycles. The molecule has 1 saturated carbocycles. The molecule has 0 N–H and O–H groups in total. The van der Waals surface area contributed by atoms with E-state index in [4.69, 9.17) is 14.2 Å². The van der Waals surface area contributed by atoms with Crippen molar-refractivity contribution in [3.63, 3.8) is 0 Å². The third-order valence-corrected chi connectivity index (χ3v) is 4.63. The van der Waals surface area contributed by atoms with Crippen LogP contribution in [0.4, 0.5) is 0 Å². The lowest BCUT2D eigenvalue weighted by molar-refractivity contribution is -0.139. The molecule has 0 spiro atoms. The molecule has 0 aromatic rings. The van der Waals surface area contributed by atoms with Crippen molar-refractivity contribution in [2.45, 2.75) is 51.2 Å². The molecule has 2 rings (SSSR count). The van der Waals surface area contributed by atoms with Crippen LogP contribution in [0.1, 0.15) is 39.0 Å². The summed E-state index contributed by atoms with van der Waals surface area (Å²) < 4.78 is 16.5. The van der Waals surface area contributed by atoms with Gasteiger partial charge in [-0.3, -0.25) is 4.79 Å². The number of methoxy groups -OCH3 is 1. The summed E-state index contributed by atoms with van der Waals surface area (Å²) in [7, 11) is 1.77. The van der Waals surface area contributed by atoms with Crippen LogP contribution in [-0.2, 0) is 19.0 Å². The topological polar surface area (TPSA) is 48.0 Å². The van der Waals surface area contributed by atoms with Crippen LogP contribution in [0.25, 0.3) is 0 Å². The summed E-state index contributed by atoms with van der Waals surface area (Å²) in [6, 6.07) is 0. The van der Waals surface area contributed by atoms with Gasteiger partial charge in [-0.15, -0.1) is 0 Å². The Morgan fingerprint density at radius 1 is 1.19 bits per heavy atom. The number of carbonyl (C=O) groups excluding carboxylic acids is 1. The van der Waals surface area contributed by atoms with Gasteiger partial charge in [-0.05, 0) is 39.0 Å². The normalized spacial score (nSPS) is 29.5. The highest BCUT2D eigenvalue weighted by Gasteiger charge is 2.24. The van der Waals surface area contributed by atoms with E-state index in [9.17, 15) is 4.79 Å².